The van der Waals surface area contributed by atoms with Crippen LogP contribution < -0.4 is 4.72 Å². The number of sulfonamides is 1. The highest BCUT2D eigenvalue weighted by Crippen LogP contribution is 2.25. The number of rotatable bonds is 6. The summed E-state index contributed by atoms with van der Waals surface area (Å²) < 4.78 is 27.5. The second-order valence-electron chi connectivity index (χ2n) is 4.11. The first-order valence-corrected chi connectivity index (χ1v) is 8.50. The van der Waals surface area contributed by atoms with Crippen LogP contribution in [0.25, 0.3) is 0 Å². The second-order valence-corrected chi connectivity index (χ2v) is 7.17. The zero-order valence-corrected chi connectivity index (χ0v) is 13.6. The van der Waals surface area contributed by atoms with Crippen molar-refractivity contribution in [2.45, 2.75) is 31.6 Å². The molecule has 0 spiro atoms. The molecule has 0 aliphatic heterocycles. The Morgan fingerprint density at radius 1 is 1.33 bits per heavy atom. The van der Waals surface area contributed by atoms with Crippen LogP contribution in [-0.4, -0.2) is 15.0 Å². The maximum atomic E-state index is 12.1. The first kappa shape index (κ1) is 16.0. The molecule has 0 unspecified atom stereocenters. The zero-order chi connectivity index (χ0) is 13.8. The fourth-order valence-electron chi connectivity index (χ4n) is 1.58. The van der Waals surface area contributed by atoms with Crippen LogP contribution in [0.2, 0.25) is 5.02 Å². The van der Waals surface area contributed by atoms with Gasteiger partial charge in [-0.05, 0) is 24.1 Å². The SMILES string of the molecule is CCC(CC)CNS(=O)(=O)c1ccc(Br)cc1Cl. The number of benzene rings is 1. The van der Waals surface area contributed by atoms with Gasteiger partial charge in [-0.15, -0.1) is 0 Å². The molecule has 0 heterocycles. The van der Waals surface area contributed by atoms with Gasteiger partial charge in [0, 0.05) is 11.0 Å². The van der Waals surface area contributed by atoms with Crippen molar-refractivity contribution in [3.05, 3.63) is 27.7 Å². The molecule has 0 atom stereocenters. The van der Waals surface area contributed by atoms with Crippen molar-refractivity contribution in [2.75, 3.05) is 6.54 Å². The van der Waals surface area contributed by atoms with E-state index in [-0.39, 0.29) is 9.92 Å². The van der Waals surface area contributed by atoms with E-state index >= 15 is 0 Å². The lowest BCUT2D eigenvalue weighted by atomic mass is 10.0. The summed E-state index contributed by atoms with van der Waals surface area (Å²) in [5.74, 6) is 0.356. The topological polar surface area (TPSA) is 46.2 Å². The van der Waals surface area contributed by atoms with Crippen LogP contribution in [0.15, 0.2) is 27.6 Å². The predicted octanol–water partition coefficient (Wildman–Crippen LogP) is 3.82. The Hall–Kier alpha value is -0.100. The molecule has 0 saturated carbocycles. The Kier molecular flexibility index (Phi) is 6.11. The van der Waals surface area contributed by atoms with E-state index in [4.69, 9.17) is 11.6 Å². The molecule has 6 heteroatoms. The molecule has 0 bridgehead atoms. The van der Waals surface area contributed by atoms with E-state index in [9.17, 15) is 8.42 Å². The van der Waals surface area contributed by atoms with Crippen LogP contribution >= 0.6 is 27.5 Å². The van der Waals surface area contributed by atoms with Gasteiger partial charge in [0.05, 0.1) is 5.02 Å². The van der Waals surface area contributed by atoms with Crippen LogP contribution in [0.1, 0.15) is 26.7 Å². The third-order valence-electron chi connectivity index (χ3n) is 2.90. The van der Waals surface area contributed by atoms with Gasteiger partial charge in [-0.1, -0.05) is 54.2 Å². The van der Waals surface area contributed by atoms with Crippen molar-refractivity contribution in [2.24, 2.45) is 5.92 Å². The Labute approximate surface area is 122 Å². The molecular formula is C12H17BrClNO2S. The van der Waals surface area contributed by atoms with Gasteiger partial charge < -0.3 is 0 Å². The average Bonchev–Trinajstić information content (AvgIpc) is 2.29. The highest BCUT2D eigenvalue weighted by molar-refractivity contribution is 9.10. The first-order valence-electron chi connectivity index (χ1n) is 5.85. The predicted molar refractivity (Wildman–Crippen MR) is 78.4 cm³/mol. The minimum Gasteiger partial charge on any atom is -0.211 e. The molecule has 18 heavy (non-hydrogen) atoms. The summed E-state index contributed by atoms with van der Waals surface area (Å²) in [5, 5.41) is 0.224. The van der Waals surface area contributed by atoms with Gasteiger partial charge in [-0.25, -0.2) is 13.1 Å². The molecule has 3 nitrogen and oxygen atoms in total. The molecular weight excluding hydrogens is 338 g/mol. The molecule has 1 N–H and O–H groups in total. The number of halogens is 2. The Morgan fingerprint density at radius 3 is 2.44 bits per heavy atom. The van der Waals surface area contributed by atoms with Crippen molar-refractivity contribution in [3.63, 3.8) is 0 Å². The summed E-state index contributed by atoms with van der Waals surface area (Å²) in [7, 11) is -3.53. The van der Waals surface area contributed by atoms with Gasteiger partial charge in [0.2, 0.25) is 10.0 Å². The molecule has 1 aromatic rings. The Bertz CT molecular complexity index is 501. The van der Waals surface area contributed by atoms with Gasteiger partial charge in [0.1, 0.15) is 4.90 Å². The highest BCUT2D eigenvalue weighted by atomic mass is 79.9. The summed E-state index contributed by atoms with van der Waals surface area (Å²) >= 11 is 9.20. The largest absolute Gasteiger partial charge is 0.242 e. The Morgan fingerprint density at radius 2 is 1.94 bits per heavy atom. The lowest BCUT2D eigenvalue weighted by Crippen LogP contribution is -2.29. The van der Waals surface area contributed by atoms with Crippen LogP contribution in [0.4, 0.5) is 0 Å². The van der Waals surface area contributed by atoms with Crippen LogP contribution in [-0.2, 0) is 10.0 Å². The van der Waals surface area contributed by atoms with E-state index in [1.165, 1.54) is 6.07 Å². The van der Waals surface area contributed by atoms with Crippen LogP contribution in [0, 0.1) is 5.92 Å². The van der Waals surface area contributed by atoms with Crippen molar-refractivity contribution in [1.82, 2.24) is 4.72 Å². The number of hydrogen-bond donors (Lipinski definition) is 1. The minimum absolute atomic E-state index is 0.123. The van der Waals surface area contributed by atoms with Crippen LogP contribution in [0.5, 0.6) is 0 Å². The van der Waals surface area contributed by atoms with Gasteiger partial charge in [-0.3, -0.25) is 0 Å². The van der Waals surface area contributed by atoms with Crippen molar-refractivity contribution in [1.29, 1.82) is 0 Å². The van der Waals surface area contributed by atoms with Gasteiger partial charge >= 0.3 is 0 Å². The van der Waals surface area contributed by atoms with Crippen molar-refractivity contribution >= 4 is 37.6 Å². The maximum Gasteiger partial charge on any atom is 0.242 e. The third-order valence-corrected chi connectivity index (χ3v) is 5.30. The standard InChI is InChI=1S/C12H17BrClNO2S/c1-3-9(4-2)8-15-18(16,17)12-6-5-10(13)7-11(12)14/h5-7,9,15H,3-4,8H2,1-2H3. The van der Waals surface area contributed by atoms with E-state index in [0.29, 0.717) is 12.5 Å². The third kappa shape index (κ3) is 4.23. The van der Waals surface area contributed by atoms with Crippen molar-refractivity contribution < 1.29 is 8.42 Å². The molecule has 1 aromatic carbocycles. The van der Waals surface area contributed by atoms with Crippen molar-refractivity contribution in [3.8, 4) is 0 Å². The van der Waals surface area contributed by atoms with E-state index < -0.39 is 10.0 Å². The molecule has 0 aromatic heterocycles. The maximum absolute atomic E-state index is 12.1. The zero-order valence-electron chi connectivity index (χ0n) is 10.4. The summed E-state index contributed by atoms with van der Waals surface area (Å²) in [6.45, 7) is 4.55. The normalized spacial score (nSPS) is 12.1. The quantitative estimate of drug-likeness (QED) is 0.844. The lowest BCUT2D eigenvalue weighted by Gasteiger charge is -2.14. The summed E-state index contributed by atoms with van der Waals surface area (Å²) in [6.07, 6.45) is 1.90. The summed E-state index contributed by atoms with van der Waals surface area (Å²) in [5.41, 5.74) is 0. The molecule has 0 aliphatic rings. The van der Waals surface area contributed by atoms with Gasteiger partial charge in [0.25, 0.3) is 0 Å². The number of nitrogens with one attached hydrogen (secondary N) is 1. The molecule has 0 amide bonds. The lowest BCUT2D eigenvalue weighted by molar-refractivity contribution is 0.479. The smallest absolute Gasteiger partial charge is 0.211 e. The first-order chi connectivity index (χ1) is 8.40. The Balaban J connectivity index is 2.86. The highest BCUT2D eigenvalue weighted by Gasteiger charge is 2.18. The summed E-state index contributed by atoms with van der Waals surface area (Å²) in [4.78, 5) is 0.123. The minimum atomic E-state index is -3.53. The van der Waals surface area contributed by atoms with Crippen LogP contribution in [0.3, 0.4) is 0 Å². The van der Waals surface area contributed by atoms with E-state index in [1.54, 1.807) is 12.1 Å². The second kappa shape index (κ2) is 6.89. The van der Waals surface area contributed by atoms with E-state index in [2.05, 4.69) is 34.5 Å². The van der Waals surface area contributed by atoms with Gasteiger partial charge in [0.15, 0.2) is 0 Å². The fraction of sp³-hybridized carbons (Fsp3) is 0.500. The molecule has 0 radical (unpaired) electrons. The van der Waals surface area contributed by atoms with E-state index in [0.717, 1.165) is 17.3 Å². The average molecular weight is 355 g/mol. The van der Waals surface area contributed by atoms with E-state index in [1.807, 2.05) is 0 Å². The number of hydrogen-bond acceptors (Lipinski definition) is 2. The molecule has 0 saturated heterocycles. The molecule has 1 rings (SSSR count). The molecule has 0 fully saturated rings. The summed E-state index contributed by atoms with van der Waals surface area (Å²) in [6, 6.07) is 4.74. The van der Waals surface area contributed by atoms with Gasteiger partial charge in [-0.2, -0.15) is 0 Å². The monoisotopic (exact) mass is 353 g/mol. The molecule has 0 aliphatic carbocycles. The fourth-order valence-corrected chi connectivity index (χ4v) is 3.73. The molecule has 102 valence electrons.